The van der Waals surface area contributed by atoms with E-state index >= 15 is 0 Å². The van der Waals surface area contributed by atoms with Gasteiger partial charge in [-0.2, -0.15) is 0 Å². The molecule has 0 aliphatic heterocycles. The van der Waals surface area contributed by atoms with Crippen molar-refractivity contribution in [2.24, 2.45) is 0 Å². The Bertz CT molecular complexity index is 502. The Kier molecular flexibility index (Phi) is 2.60. The van der Waals surface area contributed by atoms with Crippen molar-refractivity contribution >= 4 is 0 Å². The first-order valence-corrected chi connectivity index (χ1v) is 4.54. The van der Waals surface area contributed by atoms with Gasteiger partial charge in [0.25, 0.3) is 5.56 Å². The lowest BCUT2D eigenvalue weighted by Crippen LogP contribution is -2.16. The van der Waals surface area contributed by atoms with Crippen LogP contribution in [-0.4, -0.2) is 14.7 Å². The molecule has 1 aromatic heterocycles. The summed E-state index contributed by atoms with van der Waals surface area (Å²) in [5.74, 6) is 0. The van der Waals surface area contributed by atoms with Gasteiger partial charge in [0.05, 0.1) is 12.8 Å². The van der Waals surface area contributed by atoms with Gasteiger partial charge in [0.2, 0.25) is 0 Å². The van der Waals surface area contributed by atoms with Crippen LogP contribution in [0.2, 0.25) is 0 Å². The van der Waals surface area contributed by atoms with E-state index < -0.39 is 0 Å². The molecule has 0 saturated heterocycles. The number of nitrogens with zero attached hydrogens (tertiary/aromatic N) is 2. The third-order valence-corrected chi connectivity index (χ3v) is 2.12. The number of hydrogen-bond acceptors (Lipinski definition) is 3. The number of aliphatic hydroxyl groups excluding tert-OH is 1. The van der Waals surface area contributed by atoms with Gasteiger partial charge >= 0.3 is 0 Å². The summed E-state index contributed by atoms with van der Waals surface area (Å²) in [6, 6.07) is 7.13. The lowest BCUT2D eigenvalue weighted by Gasteiger charge is -2.04. The smallest absolute Gasteiger partial charge is 0.273 e. The average molecular weight is 202 g/mol. The Morgan fingerprint density at radius 2 is 2.00 bits per heavy atom. The number of benzene rings is 1. The minimum atomic E-state index is -0.172. The molecule has 0 amide bonds. The molecule has 1 heterocycles. The highest BCUT2D eigenvalue weighted by molar-refractivity contribution is 5.34. The molecule has 0 fully saturated rings. The molecule has 0 radical (unpaired) electrons. The third-order valence-electron chi connectivity index (χ3n) is 2.12. The van der Waals surface area contributed by atoms with E-state index in [-0.39, 0.29) is 12.2 Å². The highest BCUT2D eigenvalue weighted by Gasteiger charge is 1.98. The standard InChI is InChI=1S/C11H10N2O2/c14-8-9-1-3-10(4-2-9)13-6-5-12-7-11(13)15/h1-7,14H,8H2. The Labute approximate surface area is 86.5 Å². The molecule has 0 aliphatic carbocycles. The fraction of sp³-hybridized carbons (Fsp3) is 0.0909. The topological polar surface area (TPSA) is 55.1 Å². The molecule has 0 spiro atoms. The molecule has 4 heteroatoms. The van der Waals surface area contributed by atoms with Crippen LogP contribution in [0.15, 0.2) is 47.7 Å². The second-order valence-corrected chi connectivity index (χ2v) is 3.11. The van der Waals surface area contributed by atoms with Crippen molar-refractivity contribution in [3.8, 4) is 5.69 Å². The van der Waals surface area contributed by atoms with Crippen LogP contribution in [0.4, 0.5) is 0 Å². The van der Waals surface area contributed by atoms with E-state index in [1.54, 1.807) is 36.7 Å². The fourth-order valence-corrected chi connectivity index (χ4v) is 1.32. The van der Waals surface area contributed by atoms with Crippen LogP contribution in [-0.2, 0) is 6.61 Å². The van der Waals surface area contributed by atoms with E-state index in [2.05, 4.69) is 4.98 Å². The molecule has 2 aromatic rings. The number of rotatable bonds is 2. The maximum absolute atomic E-state index is 11.4. The molecule has 15 heavy (non-hydrogen) atoms. The Morgan fingerprint density at radius 3 is 2.60 bits per heavy atom. The molecule has 0 unspecified atom stereocenters. The lowest BCUT2D eigenvalue weighted by atomic mass is 10.2. The summed E-state index contributed by atoms with van der Waals surface area (Å²) in [6.45, 7) is 0.00548. The van der Waals surface area contributed by atoms with Crippen molar-refractivity contribution in [1.29, 1.82) is 0 Å². The van der Waals surface area contributed by atoms with Crippen LogP contribution in [0, 0.1) is 0 Å². The van der Waals surface area contributed by atoms with Gasteiger partial charge in [0.15, 0.2) is 0 Å². The van der Waals surface area contributed by atoms with Crippen LogP contribution in [0.1, 0.15) is 5.56 Å². The summed E-state index contributed by atoms with van der Waals surface area (Å²) in [4.78, 5) is 15.2. The molecule has 0 aliphatic rings. The van der Waals surface area contributed by atoms with Crippen LogP contribution >= 0.6 is 0 Å². The van der Waals surface area contributed by atoms with E-state index in [0.29, 0.717) is 0 Å². The summed E-state index contributed by atoms with van der Waals surface area (Å²) >= 11 is 0. The molecular formula is C11H10N2O2. The summed E-state index contributed by atoms with van der Waals surface area (Å²) in [5.41, 5.74) is 1.41. The SMILES string of the molecule is O=c1cnccn1-c1ccc(CO)cc1. The molecule has 76 valence electrons. The van der Waals surface area contributed by atoms with Crippen molar-refractivity contribution in [3.63, 3.8) is 0 Å². The van der Waals surface area contributed by atoms with Gasteiger partial charge in [0.1, 0.15) is 0 Å². The van der Waals surface area contributed by atoms with Crippen molar-refractivity contribution in [3.05, 3.63) is 58.8 Å². The number of hydrogen-bond donors (Lipinski definition) is 1. The molecule has 2 rings (SSSR count). The zero-order valence-electron chi connectivity index (χ0n) is 8.00. The van der Waals surface area contributed by atoms with E-state index in [4.69, 9.17) is 5.11 Å². The quantitative estimate of drug-likeness (QED) is 0.780. The van der Waals surface area contributed by atoms with E-state index in [1.807, 2.05) is 0 Å². The predicted molar refractivity (Wildman–Crippen MR) is 55.8 cm³/mol. The largest absolute Gasteiger partial charge is 0.392 e. The summed E-state index contributed by atoms with van der Waals surface area (Å²) in [6.07, 6.45) is 4.43. The predicted octanol–water partition coefficient (Wildman–Crippen LogP) is 0.725. The zero-order valence-corrected chi connectivity index (χ0v) is 8.00. The minimum Gasteiger partial charge on any atom is -0.392 e. The van der Waals surface area contributed by atoms with Gasteiger partial charge in [0, 0.05) is 18.1 Å². The monoisotopic (exact) mass is 202 g/mol. The lowest BCUT2D eigenvalue weighted by molar-refractivity contribution is 0.282. The van der Waals surface area contributed by atoms with E-state index in [0.717, 1.165) is 11.3 Å². The molecule has 1 N–H and O–H groups in total. The Balaban J connectivity index is 2.46. The van der Waals surface area contributed by atoms with Crippen molar-refractivity contribution in [2.75, 3.05) is 0 Å². The summed E-state index contributed by atoms with van der Waals surface area (Å²) < 4.78 is 1.49. The highest BCUT2D eigenvalue weighted by Crippen LogP contribution is 2.06. The average Bonchev–Trinajstić information content (AvgIpc) is 2.30. The van der Waals surface area contributed by atoms with Gasteiger partial charge in [-0.05, 0) is 17.7 Å². The maximum atomic E-state index is 11.4. The van der Waals surface area contributed by atoms with Crippen LogP contribution in [0.5, 0.6) is 0 Å². The molecule has 4 nitrogen and oxygen atoms in total. The maximum Gasteiger partial charge on any atom is 0.273 e. The molecule has 0 atom stereocenters. The first-order valence-electron chi connectivity index (χ1n) is 4.54. The fourth-order valence-electron chi connectivity index (χ4n) is 1.32. The normalized spacial score (nSPS) is 10.2. The molecule has 1 aromatic carbocycles. The summed E-state index contributed by atoms with van der Waals surface area (Å²) in [5, 5.41) is 8.88. The van der Waals surface area contributed by atoms with E-state index in [1.165, 1.54) is 10.8 Å². The van der Waals surface area contributed by atoms with Crippen LogP contribution in [0.25, 0.3) is 5.69 Å². The summed E-state index contributed by atoms with van der Waals surface area (Å²) in [7, 11) is 0. The van der Waals surface area contributed by atoms with E-state index in [9.17, 15) is 4.79 Å². The second kappa shape index (κ2) is 4.06. The Morgan fingerprint density at radius 1 is 1.27 bits per heavy atom. The van der Waals surface area contributed by atoms with Gasteiger partial charge in [-0.3, -0.25) is 14.3 Å². The van der Waals surface area contributed by atoms with Gasteiger partial charge in [-0.25, -0.2) is 0 Å². The first kappa shape index (κ1) is 9.61. The number of aliphatic hydroxyl groups is 1. The molecule has 0 bridgehead atoms. The molecular weight excluding hydrogens is 192 g/mol. The van der Waals surface area contributed by atoms with Crippen molar-refractivity contribution < 1.29 is 5.11 Å². The Hall–Kier alpha value is -1.94. The highest BCUT2D eigenvalue weighted by atomic mass is 16.3. The second-order valence-electron chi connectivity index (χ2n) is 3.11. The van der Waals surface area contributed by atoms with Crippen LogP contribution in [0.3, 0.4) is 0 Å². The molecule has 0 saturated carbocycles. The minimum absolute atomic E-state index is 0.00548. The zero-order chi connectivity index (χ0) is 10.7. The number of aromatic nitrogens is 2. The van der Waals surface area contributed by atoms with Crippen molar-refractivity contribution in [1.82, 2.24) is 9.55 Å². The van der Waals surface area contributed by atoms with Crippen molar-refractivity contribution in [2.45, 2.75) is 6.61 Å². The van der Waals surface area contributed by atoms with Crippen LogP contribution < -0.4 is 5.56 Å². The van der Waals surface area contributed by atoms with Gasteiger partial charge < -0.3 is 5.11 Å². The first-order chi connectivity index (χ1) is 7.31. The van der Waals surface area contributed by atoms with Gasteiger partial charge in [-0.15, -0.1) is 0 Å². The van der Waals surface area contributed by atoms with Gasteiger partial charge in [-0.1, -0.05) is 12.1 Å². The third kappa shape index (κ3) is 1.94.